The molecule has 2 aromatic rings. The third-order valence-electron chi connectivity index (χ3n) is 4.30. The number of pyridine rings is 1. The summed E-state index contributed by atoms with van der Waals surface area (Å²) in [4.78, 5) is 16.0. The molecule has 1 atom stereocenters. The van der Waals surface area contributed by atoms with Gasteiger partial charge in [-0.2, -0.15) is 0 Å². The van der Waals surface area contributed by atoms with E-state index in [0.29, 0.717) is 9.87 Å². The fraction of sp³-hybridized carbons (Fsp3) is 0.333. The molecule has 2 heterocycles. The zero-order chi connectivity index (χ0) is 21.2. The van der Waals surface area contributed by atoms with Crippen molar-refractivity contribution in [2.75, 3.05) is 16.7 Å². The highest BCUT2D eigenvalue weighted by Gasteiger charge is 2.42. The zero-order valence-electron chi connectivity index (χ0n) is 15.9. The standard InChI is InChI=1S/C18H21N3O6S2/c1-3-27-16-7-6-15(21-18(22)13(2)12-28(21,23)24)9-17(16)29(25,26)20-11-14-5-4-8-19-10-14/h4-10,13,20H,3,11-12H2,1-2H3. The van der Waals surface area contributed by atoms with E-state index in [0.717, 1.165) is 6.07 Å². The molecule has 3 rings (SSSR count). The van der Waals surface area contributed by atoms with Gasteiger partial charge in [0.25, 0.3) is 0 Å². The summed E-state index contributed by atoms with van der Waals surface area (Å²) in [5.41, 5.74) is 0.612. The SMILES string of the molecule is CCOc1ccc(N2C(=O)C(C)CS2(=O)=O)cc1S(=O)(=O)NCc1cccnc1. The van der Waals surface area contributed by atoms with Crippen LogP contribution in [0.3, 0.4) is 0 Å². The number of carbonyl (C=O) groups is 1. The fourth-order valence-corrected chi connectivity index (χ4v) is 5.95. The first-order valence-corrected chi connectivity index (χ1v) is 12.0. The maximum Gasteiger partial charge on any atom is 0.244 e. The average molecular weight is 440 g/mol. The number of amides is 1. The Balaban J connectivity index is 2.00. The molecule has 0 radical (unpaired) electrons. The Morgan fingerprint density at radius 2 is 2.07 bits per heavy atom. The molecule has 1 aliphatic rings. The summed E-state index contributed by atoms with van der Waals surface area (Å²) in [6.07, 6.45) is 3.10. The first-order chi connectivity index (χ1) is 13.7. The number of benzene rings is 1. The molecule has 29 heavy (non-hydrogen) atoms. The Kier molecular flexibility index (Phi) is 5.92. The lowest BCUT2D eigenvalue weighted by molar-refractivity contribution is -0.119. The normalized spacial score (nSPS) is 18.8. The van der Waals surface area contributed by atoms with Crippen LogP contribution >= 0.6 is 0 Å². The molecule has 1 aromatic carbocycles. The molecule has 1 amide bonds. The highest BCUT2D eigenvalue weighted by molar-refractivity contribution is 7.94. The number of ether oxygens (including phenoxy) is 1. The van der Waals surface area contributed by atoms with E-state index in [2.05, 4.69) is 9.71 Å². The predicted octanol–water partition coefficient (Wildman–Crippen LogP) is 1.27. The zero-order valence-corrected chi connectivity index (χ0v) is 17.5. The van der Waals surface area contributed by atoms with Gasteiger partial charge in [0.1, 0.15) is 10.6 Å². The van der Waals surface area contributed by atoms with Crippen LogP contribution in [0.15, 0.2) is 47.6 Å². The molecule has 0 saturated carbocycles. The van der Waals surface area contributed by atoms with E-state index >= 15 is 0 Å². The van der Waals surface area contributed by atoms with Gasteiger partial charge >= 0.3 is 0 Å². The van der Waals surface area contributed by atoms with Crippen molar-refractivity contribution in [3.63, 3.8) is 0 Å². The smallest absolute Gasteiger partial charge is 0.244 e. The van der Waals surface area contributed by atoms with Gasteiger partial charge in [-0.25, -0.2) is 25.9 Å². The molecule has 156 valence electrons. The van der Waals surface area contributed by atoms with E-state index in [-0.39, 0.29) is 35.2 Å². The van der Waals surface area contributed by atoms with Crippen molar-refractivity contribution >= 4 is 31.6 Å². The van der Waals surface area contributed by atoms with Gasteiger partial charge in [-0.15, -0.1) is 0 Å². The minimum atomic E-state index is -4.07. The van der Waals surface area contributed by atoms with Crippen molar-refractivity contribution in [1.82, 2.24) is 9.71 Å². The van der Waals surface area contributed by atoms with Crippen molar-refractivity contribution < 1.29 is 26.4 Å². The molecular formula is C18H21N3O6S2. The van der Waals surface area contributed by atoms with Gasteiger partial charge in [0.2, 0.25) is 26.0 Å². The van der Waals surface area contributed by atoms with Crippen LogP contribution in [0.2, 0.25) is 0 Å². The Morgan fingerprint density at radius 3 is 2.66 bits per heavy atom. The molecule has 1 unspecified atom stereocenters. The van der Waals surface area contributed by atoms with Crippen molar-refractivity contribution in [3.05, 3.63) is 48.3 Å². The van der Waals surface area contributed by atoms with Crippen molar-refractivity contribution in [1.29, 1.82) is 0 Å². The molecule has 1 fully saturated rings. The lowest BCUT2D eigenvalue weighted by atomic mass is 10.2. The lowest BCUT2D eigenvalue weighted by Crippen LogP contribution is -2.31. The minimum Gasteiger partial charge on any atom is -0.492 e. The summed E-state index contributed by atoms with van der Waals surface area (Å²) in [6, 6.07) is 7.25. The number of carbonyl (C=O) groups excluding carboxylic acids is 1. The highest BCUT2D eigenvalue weighted by Crippen LogP contribution is 2.34. The summed E-state index contributed by atoms with van der Waals surface area (Å²) in [7, 11) is -7.93. The number of hydrogen-bond acceptors (Lipinski definition) is 7. The number of hydrogen-bond donors (Lipinski definition) is 1. The Hall–Kier alpha value is -2.50. The topological polar surface area (TPSA) is 123 Å². The number of rotatable bonds is 7. The minimum absolute atomic E-state index is 0.00998. The van der Waals surface area contributed by atoms with Crippen LogP contribution in [-0.2, 0) is 31.4 Å². The second kappa shape index (κ2) is 8.09. The predicted molar refractivity (Wildman–Crippen MR) is 106 cm³/mol. The summed E-state index contributed by atoms with van der Waals surface area (Å²) < 4.78 is 59.1. The Labute approximate surface area is 169 Å². The summed E-state index contributed by atoms with van der Waals surface area (Å²) >= 11 is 0. The van der Waals surface area contributed by atoms with Crippen LogP contribution in [-0.4, -0.2) is 40.1 Å². The van der Waals surface area contributed by atoms with Gasteiger partial charge < -0.3 is 4.74 Å². The van der Waals surface area contributed by atoms with E-state index in [9.17, 15) is 21.6 Å². The van der Waals surface area contributed by atoms with Crippen LogP contribution in [0.5, 0.6) is 5.75 Å². The largest absolute Gasteiger partial charge is 0.492 e. The second-order valence-electron chi connectivity index (χ2n) is 6.53. The van der Waals surface area contributed by atoms with Crippen molar-refractivity contribution in [3.8, 4) is 5.75 Å². The first kappa shape index (κ1) is 21.2. The molecule has 11 heteroatoms. The monoisotopic (exact) mass is 439 g/mol. The molecule has 0 bridgehead atoms. The average Bonchev–Trinajstić information content (AvgIpc) is 2.88. The Morgan fingerprint density at radius 1 is 1.31 bits per heavy atom. The molecule has 1 aliphatic heterocycles. The first-order valence-electron chi connectivity index (χ1n) is 8.88. The summed E-state index contributed by atoms with van der Waals surface area (Å²) in [5, 5.41) is 0. The van der Waals surface area contributed by atoms with Crippen LogP contribution < -0.4 is 13.8 Å². The number of nitrogens with one attached hydrogen (secondary N) is 1. The van der Waals surface area contributed by atoms with Gasteiger partial charge in [-0.1, -0.05) is 13.0 Å². The number of nitrogens with zero attached hydrogens (tertiary/aromatic N) is 2. The third kappa shape index (κ3) is 4.41. The van der Waals surface area contributed by atoms with Crippen LogP contribution in [0, 0.1) is 5.92 Å². The van der Waals surface area contributed by atoms with Crippen molar-refractivity contribution in [2.24, 2.45) is 5.92 Å². The van der Waals surface area contributed by atoms with Crippen LogP contribution in [0.25, 0.3) is 0 Å². The quantitative estimate of drug-likeness (QED) is 0.689. The van der Waals surface area contributed by atoms with E-state index in [1.807, 2.05) is 0 Å². The number of aromatic nitrogens is 1. The highest BCUT2D eigenvalue weighted by atomic mass is 32.2. The number of anilines is 1. The maximum atomic E-state index is 12.9. The fourth-order valence-electron chi connectivity index (χ4n) is 2.95. The molecule has 0 aliphatic carbocycles. The van der Waals surface area contributed by atoms with Gasteiger partial charge in [-0.3, -0.25) is 9.78 Å². The third-order valence-corrected chi connectivity index (χ3v) is 7.59. The van der Waals surface area contributed by atoms with Gasteiger partial charge in [0, 0.05) is 18.9 Å². The van der Waals surface area contributed by atoms with E-state index in [1.54, 1.807) is 25.3 Å². The summed E-state index contributed by atoms with van der Waals surface area (Å²) in [6.45, 7) is 3.41. The van der Waals surface area contributed by atoms with E-state index in [1.165, 1.54) is 25.3 Å². The van der Waals surface area contributed by atoms with Gasteiger partial charge in [0.05, 0.1) is 24.0 Å². The molecule has 1 saturated heterocycles. The van der Waals surface area contributed by atoms with Gasteiger partial charge in [-0.05, 0) is 36.8 Å². The van der Waals surface area contributed by atoms with Crippen molar-refractivity contribution in [2.45, 2.75) is 25.3 Å². The Bertz CT molecular complexity index is 1120. The molecule has 0 spiro atoms. The summed E-state index contributed by atoms with van der Waals surface area (Å²) in [5.74, 6) is -1.55. The maximum absolute atomic E-state index is 12.9. The molecular weight excluding hydrogens is 418 g/mol. The van der Waals surface area contributed by atoms with E-state index < -0.39 is 31.9 Å². The van der Waals surface area contributed by atoms with Crippen LogP contribution in [0.4, 0.5) is 5.69 Å². The molecule has 1 aromatic heterocycles. The van der Waals surface area contributed by atoms with Gasteiger partial charge in [0.15, 0.2) is 0 Å². The second-order valence-corrected chi connectivity index (χ2v) is 10.1. The van der Waals surface area contributed by atoms with Crippen LogP contribution in [0.1, 0.15) is 19.4 Å². The lowest BCUT2D eigenvalue weighted by Gasteiger charge is -2.18. The number of sulfonamides is 2. The van der Waals surface area contributed by atoms with E-state index in [4.69, 9.17) is 4.74 Å². The molecule has 1 N–H and O–H groups in total. The molecule has 9 nitrogen and oxygen atoms in total.